The van der Waals surface area contributed by atoms with Gasteiger partial charge in [-0.3, -0.25) is 9.48 Å². The molecule has 2 aliphatic rings. The fraction of sp³-hybridized carbons (Fsp3) is 0.476. The molecule has 0 spiro atoms. The average Bonchev–Trinajstić information content (AvgIpc) is 3.29. The number of aromatic nitrogens is 5. The second kappa shape index (κ2) is 7.55. The Hall–Kier alpha value is -3.23. The van der Waals surface area contributed by atoms with E-state index < -0.39 is 0 Å². The molecule has 3 aromatic rings. The largest absolute Gasteiger partial charge is 0.356 e. The summed E-state index contributed by atoms with van der Waals surface area (Å²) in [5, 5.41) is 11.7. The van der Waals surface area contributed by atoms with E-state index in [0.29, 0.717) is 36.5 Å². The topological polar surface area (TPSA) is 102 Å². The van der Waals surface area contributed by atoms with E-state index in [1.807, 2.05) is 31.1 Å². The van der Waals surface area contributed by atoms with Gasteiger partial charge in [-0.1, -0.05) is 5.16 Å². The summed E-state index contributed by atoms with van der Waals surface area (Å²) < 4.78 is 7.16. The van der Waals surface area contributed by atoms with Gasteiger partial charge in [0, 0.05) is 50.6 Å². The highest BCUT2D eigenvalue weighted by Crippen LogP contribution is 2.35. The van der Waals surface area contributed by atoms with Crippen molar-refractivity contribution in [3.05, 3.63) is 41.6 Å². The van der Waals surface area contributed by atoms with Crippen LogP contribution in [0.3, 0.4) is 0 Å². The molecule has 1 saturated heterocycles. The minimum atomic E-state index is -0.0149. The first kappa shape index (κ1) is 18.8. The van der Waals surface area contributed by atoms with Gasteiger partial charge in [-0.05, 0) is 38.7 Å². The summed E-state index contributed by atoms with van der Waals surface area (Å²) in [6, 6.07) is 4.16. The second-order valence-corrected chi connectivity index (χ2v) is 8.18. The second-order valence-electron chi connectivity index (χ2n) is 8.18. The van der Waals surface area contributed by atoms with Crippen molar-refractivity contribution in [1.82, 2.24) is 29.8 Å². The minimum Gasteiger partial charge on any atom is -0.356 e. The van der Waals surface area contributed by atoms with E-state index in [1.165, 1.54) is 0 Å². The summed E-state index contributed by atoms with van der Waals surface area (Å²) in [6.07, 6.45) is 7.61. The molecule has 3 aromatic heterocycles. The molecule has 9 heteroatoms. The zero-order valence-electron chi connectivity index (χ0n) is 17.2. The SMILES string of the molecule is Cc1cc(-c2cnc(NC3CC3)nc2C2CCN(C(=O)c3ccn(C)n3)CC2)on1. The van der Waals surface area contributed by atoms with Crippen molar-refractivity contribution in [2.45, 2.75) is 44.6 Å². The molecule has 9 nitrogen and oxygen atoms in total. The number of piperidine rings is 1. The lowest BCUT2D eigenvalue weighted by atomic mass is 9.90. The Bertz CT molecular complexity index is 1060. The molecule has 1 amide bonds. The van der Waals surface area contributed by atoms with Crippen molar-refractivity contribution in [3.63, 3.8) is 0 Å². The van der Waals surface area contributed by atoms with Crippen LogP contribution in [0.15, 0.2) is 29.0 Å². The summed E-state index contributed by atoms with van der Waals surface area (Å²) in [5.41, 5.74) is 3.17. The molecule has 0 unspecified atom stereocenters. The van der Waals surface area contributed by atoms with Crippen molar-refractivity contribution in [2.75, 3.05) is 18.4 Å². The van der Waals surface area contributed by atoms with E-state index in [1.54, 1.807) is 16.9 Å². The number of rotatable bonds is 5. The Morgan fingerprint density at radius 2 is 2.03 bits per heavy atom. The summed E-state index contributed by atoms with van der Waals surface area (Å²) in [4.78, 5) is 24.0. The van der Waals surface area contributed by atoms with Gasteiger partial charge in [0.2, 0.25) is 5.95 Å². The van der Waals surface area contributed by atoms with Gasteiger partial charge in [0.05, 0.1) is 17.0 Å². The highest BCUT2D eigenvalue weighted by molar-refractivity contribution is 5.92. The van der Waals surface area contributed by atoms with Crippen LogP contribution in [0, 0.1) is 6.92 Å². The van der Waals surface area contributed by atoms with Crippen LogP contribution < -0.4 is 5.32 Å². The molecule has 1 N–H and O–H groups in total. The van der Waals surface area contributed by atoms with Crippen LogP contribution in [-0.2, 0) is 7.05 Å². The number of likely N-dealkylation sites (tertiary alicyclic amines) is 1. The minimum absolute atomic E-state index is 0.0149. The highest BCUT2D eigenvalue weighted by atomic mass is 16.5. The van der Waals surface area contributed by atoms with Crippen molar-refractivity contribution in [1.29, 1.82) is 0 Å². The van der Waals surface area contributed by atoms with Crippen LogP contribution in [0.2, 0.25) is 0 Å². The van der Waals surface area contributed by atoms with Gasteiger partial charge in [0.1, 0.15) is 5.69 Å². The molecule has 2 fully saturated rings. The molecule has 0 aromatic carbocycles. The van der Waals surface area contributed by atoms with E-state index in [2.05, 4.69) is 20.6 Å². The van der Waals surface area contributed by atoms with Crippen LogP contribution in [0.5, 0.6) is 0 Å². The number of hydrogen-bond acceptors (Lipinski definition) is 7. The van der Waals surface area contributed by atoms with Crippen LogP contribution >= 0.6 is 0 Å². The van der Waals surface area contributed by atoms with Crippen molar-refractivity contribution in [3.8, 4) is 11.3 Å². The maximum atomic E-state index is 12.7. The van der Waals surface area contributed by atoms with Gasteiger partial charge >= 0.3 is 0 Å². The van der Waals surface area contributed by atoms with Gasteiger partial charge in [-0.2, -0.15) is 5.10 Å². The quantitative estimate of drug-likeness (QED) is 0.694. The monoisotopic (exact) mass is 407 g/mol. The third kappa shape index (κ3) is 3.79. The molecule has 5 rings (SSSR count). The lowest BCUT2D eigenvalue weighted by Gasteiger charge is -2.32. The molecule has 0 radical (unpaired) electrons. The highest BCUT2D eigenvalue weighted by Gasteiger charge is 2.30. The van der Waals surface area contributed by atoms with Gasteiger partial charge in [-0.15, -0.1) is 0 Å². The van der Waals surface area contributed by atoms with Crippen molar-refractivity contribution in [2.24, 2.45) is 7.05 Å². The molecule has 4 heterocycles. The van der Waals surface area contributed by atoms with Crippen LogP contribution in [0.4, 0.5) is 5.95 Å². The van der Waals surface area contributed by atoms with Gasteiger partial charge in [-0.25, -0.2) is 9.97 Å². The smallest absolute Gasteiger partial charge is 0.274 e. The third-order valence-electron chi connectivity index (χ3n) is 5.72. The summed E-state index contributed by atoms with van der Waals surface area (Å²) >= 11 is 0. The number of anilines is 1. The van der Waals surface area contributed by atoms with Gasteiger partial charge < -0.3 is 14.7 Å². The average molecular weight is 407 g/mol. The maximum absolute atomic E-state index is 12.7. The summed E-state index contributed by atoms with van der Waals surface area (Å²) in [5.74, 6) is 1.56. The molecule has 30 heavy (non-hydrogen) atoms. The van der Waals surface area contributed by atoms with E-state index in [4.69, 9.17) is 9.51 Å². The first-order valence-corrected chi connectivity index (χ1v) is 10.4. The van der Waals surface area contributed by atoms with Crippen LogP contribution in [-0.4, -0.2) is 54.8 Å². The summed E-state index contributed by atoms with van der Waals surface area (Å²) in [7, 11) is 1.82. The fourth-order valence-corrected chi connectivity index (χ4v) is 3.91. The van der Waals surface area contributed by atoms with Gasteiger partial charge in [0.15, 0.2) is 5.76 Å². The fourth-order valence-electron chi connectivity index (χ4n) is 3.91. The molecule has 1 aliphatic heterocycles. The lowest BCUT2D eigenvalue weighted by Crippen LogP contribution is -2.38. The number of amides is 1. The molecule has 156 valence electrons. The van der Waals surface area contributed by atoms with E-state index in [-0.39, 0.29) is 11.8 Å². The Morgan fingerprint density at radius 3 is 2.67 bits per heavy atom. The van der Waals surface area contributed by atoms with E-state index >= 15 is 0 Å². The number of nitrogens with zero attached hydrogens (tertiary/aromatic N) is 6. The first-order chi connectivity index (χ1) is 14.6. The number of hydrogen-bond donors (Lipinski definition) is 1. The predicted octanol–water partition coefficient (Wildman–Crippen LogP) is 2.77. The number of nitrogens with one attached hydrogen (secondary N) is 1. The molecule has 0 bridgehead atoms. The predicted molar refractivity (Wildman–Crippen MR) is 110 cm³/mol. The van der Waals surface area contributed by atoms with Crippen LogP contribution in [0.25, 0.3) is 11.3 Å². The molecule has 1 saturated carbocycles. The molecule has 0 atom stereocenters. The Balaban J connectivity index is 1.37. The Kier molecular flexibility index (Phi) is 4.72. The lowest BCUT2D eigenvalue weighted by molar-refractivity contribution is 0.0705. The summed E-state index contributed by atoms with van der Waals surface area (Å²) in [6.45, 7) is 3.24. The molecule has 1 aliphatic carbocycles. The number of carbonyl (C=O) groups excluding carboxylic acids is 1. The van der Waals surface area contributed by atoms with Crippen LogP contribution in [0.1, 0.15) is 53.5 Å². The normalized spacial score (nSPS) is 17.3. The van der Waals surface area contributed by atoms with E-state index in [9.17, 15) is 4.79 Å². The third-order valence-corrected chi connectivity index (χ3v) is 5.72. The molecular formula is C21H25N7O2. The Labute approximate surface area is 174 Å². The van der Waals surface area contributed by atoms with Crippen molar-refractivity contribution >= 4 is 11.9 Å². The first-order valence-electron chi connectivity index (χ1n) is 10.4. The molecular weight excluding hydrogens is 382 g/mol. The number of carbonyl (C=O) groups is 1. The standard InChI is InChI=1S/C21H25N7O2/c1-13-11-18(30-26-13)16-12-22-21(23-15-3-4-15)24-19(16)14-5-9-28(10-6-14)20(29)17-7-8-27(2)25-17/h7-8,11-12,14-15H,3-6,9-10H2,1-2H3,(H,22,23,24). The maximum Gasteiger partial charge on any atom is 0.274 e. The van der Waals surface area contributed by atoms with E-state index in [0.717, 1.165) is 42.6 Å². The van der Waals surface area contributed by atoms with Crippen molar-refractivity contribution < 1.29 is 9.32 Å². The zero-order valence-corrected chi connectivity index (χ0v) is 17.2. The number of aryl methyl sites for hydroxylation is 2. The Morgan fingerprint density at radius 1 is 1.23 bits per heavy atom. The zero-order chi connectivity index (χ0) is 20.7. The van der Waals surface area contributed by atoms with Gasteiger partial charge in [0.25, 0.3) is 5.91 Å².